The lowest BCUT2D eigenvalue weighted by Gasteiger charge is -2.24. The maximum absolute atomic E-state index is 13.9. The summed E-state index contributed by atoms with van der Waals surface area (Å²) in [6.07, 6.45) is -2.42. The Morgan fingerprint density at radius 1 is 1.00 bits per heavy atom. The van der Waals surface area contributed by atoms with Crippen LogP contribution in [-0.4, -0.2) is 56.4 Å². The molecule has 12 heteroatoms. The van der Waals surface area contributed by atoms with Crippen molar-refractivity contribution < 1.29 is 31.4 Å². The fraction of sp³-hybridized carbons (Fsp3) is 0.385. The smallest absolute Gasteiger partial charge is 0.396 e. The summed E-state index contributed by atoms with van der Waals surface area (Å²) < 4.78 is 76.3. The molecule has 0 fully saturated rings. The number of alkyl halides is 3. The maximum Gasteiger partial charge on any atom is 0.418 e. The SMILES string of the molecule is O=S1(=O)Nc2ccc(C(F)(F)F)c(n2)-c2ccccc2CCCOCCN(CCCCO)c2cccc1n2. The predicted octanol–water partition coefficient (Wildman–Crippen LogP) is 4.50. The number of aliphatic hydroxyl groups excluding tert-OH is 1. The fourth-order valence-corrected chi connectivity index (χ4v) is 5.20. The van der Waals surface area contributed by atoms with Crippen LogP contribution in [-0.2, 0) is 27.4 Å². The number of aryl methyl sites for hydroxylation is 1. The minimum atomic E-state index is -4.69. The van der Waals surface area contributed by atoms with Crippen LogP contribution in [0.25, 0.3) is 11.3 Å². The van der Waals surface area contributed by atoms with E-state index in [0.29, 0.717) is 63.4 Å². The highest BCUT2D eigenvalue weighted by Crippen LogP contribution is 2.38. The monoisotopic (exact) mass is 550 g/mol. The molecule has 8 nitrogen and oxygen atoms in total. The second-order valence-corrected chi connectivity index (χ2v) is 10.5. The lowest BCUT2D eigenvalue weighted by Crippen LogP contribution is -2.30. The number of pyridine rings is 2. The van der Waals surface area contributed by atoms with Gasteiger partial charge in [-0.15, -0.1) is 0 Å². The van der Waals surface area contributed by atoms with Crippen LogP contribution in [0.1, 0.15) is 30.4 Å². The molecule has 1 aromatic carbocycles. The first-order chi connectivity index (χ1) is 18.2. The number of nitrogens with one attached hydrogen (secondary N) is 1. The summed E-state index contributed by atoms with van der Waals surface area (Å²) in [5.41, 5.74) is -0.381. The van der Waals surface area contributed by atoms with Gasteiger partial charge in [0.1, 0.15) is 11.6 Å². The number of anilines is 2. The Hall–Kier alpha value is -3.22. The van der Waals surface area contributed by atoms with Gasteiger partial charge in [-0.2, -0.15) is 21.6 Å². The molecule has 3 heterocycles. The molecule has 0 unspecified atom stereocenters. The standard InChI is InChI=1S/C26H29F3N4O4S/c27-26(28,29)21-12-13-22-30-25(21)20-9-2-1-7-19(20)8-6-17-37-18-15-33(14-3-4-16-34)23-10-5-11-24(31-23)38(35,36)32-22/h1-2,5,7,9-13,34H,3-4,6,8,14-18H2,(H,30,32). The summed E-state index contributed by atoms with van der Waals surface area (Å²) in [4.78, 5) is 10.3. The Balaban J connectivity index is 1.78. The van der Waals surface area contributed by atoms with Crippen molar-refractivity contribution in [2.24, 2.45) is 0 Å². The number of benzene rings is 1. The average molecular weight is 551 g/mol. The van der Waals surface area contributed by atoms with Gasteiger partial charge in [0.15, 0.2) is 5.03 Å². The van der Waals surface area contributed by atoms with Gasteiger partial charge in [-0.3, -0.25) is 4.72 Å². The summed E-state index contributed by atoms with van der Waals surface area (Å²) in [5, 5.41) is 8.86. The van der Waals surface area contributed by atoms with Gasteiger partial charge >= 0.3 is 6.18 Å². The van der Waals surface area contributed by atoms with Crippen LogP contribution in [0, 0.1) is 0 Å². The highest BCUT2D eigenvalue weighted by Gasteiger charge is 2.35. The lowest BCUT2D eigenvalue weighted by molar-refractivity contribution is -0.137. The Bertz CT molecular complexity index is 1350. The van der Waals surface area contributed by atoms with E-state index in [9.17, 15) is 21.6 Å². The largest absolute Gasteiger partial charge is 0.418 e. The highest BCUT2D eigenvalue weighted by atomic mass is 32.2. The molecule has 204 valence electrons. The summed E-state index contributed by atoms with van der Waals surface area (Å²) >= 11 is 0. The molecule has 1 aliphatic rings. The Morgan fingerprint density at radius 3 is 2.61 bits per heavy atom. The molecule has 0 spiro atoms. The number of aliphatic hydroxyl groups is 1. The molecular formula is C26H29F3N4O4S. The number of halogens is 3. The summed E-state index contributed by atoms with van der Waals surface area (Å²) in [5.74, 6) is 0.162. The van der Waals surface area contributed by atoms with Crippen LogP contribution < -0.4 is 9.62 Å². The van der Waals surface area contributed by atoms with Crippen molar-refractivity contribution in [1.82, 2.24) is 9.97 Å². The third kappa shape index (κ3) is 6.80. The second-order valence-electron chi connectivity index (χ2n) is 8.82. The van der Waals surface area contributed by atoms with E-state index in [1.807, 2.05) is 4.90 Å². The van der Waals surface area contributed by atoms with E-state index in [-0.39, 0.29) is 28.7 Å². The first-order valence-corrected chi connectivity index (χ1v) is 13.8. The van der Waals surface area contributed by atoms with Gasteiger partial charge in [-0.1, -0.05) is 30.3 Å². The molecule has 3 aromatic rings. The summed E-state index contributed by atoms with van der Waals surface area (Å²) in [6.45, 7) is 1.76. The highest BCUT2D eigenvalue weighted by molar-refractivity contribution is 7.92. The minimum Gasteiger partial charge on any atom is -0.396 e. The van der Waals surface area contributed by atoms with Crippen molar-refractivity contribution in [2.45, 2.75) is 36.9 Å². The van der Waals surface area contributed by atoms with Crippen molar-refractivity contribution in [3.63, 3.8) is 0 Å². The van der Waals surface area contributed by atoms with Crippen LogP contribution in [0.3, 0.4) is 0 Å². The molecule has 0 aliphatic carbocycles. The van der Waals surface area contributed by atoms with Crippen LogP contribution in [0.2, 0.25) is 0 Å². The van der Waals surface area contributed by atoms with Gasteiger partial charge in [-0.25, -0.2) is 9.97 Å². The molecule has 1 aliphatic heterocycles. The molecule has 0 radical (unpaired) electrons. The van der Waals surface area contributed by atoms with Gasteiger partial charge in [0.2, 0.25) is 0 Å². The fourth-order valence-electron chi connectivity index (χ4n) is 4.24. The molecule has 38 heavy (non-hydrogen) atoms. The molecule has 2 N–H and O–H groups in total. The maximum atomic E-state index is 13.9. The first kappa shape index (κ1) is 27.8. The van der Waals surface area contributed by atoms with E-state index < -0.39 is 21.8 Å². The van der Waals surface area contributed by atoms with Gasteiger partial charge < -0.3 is 14.7 Å². The van der Waals surface area contributed by atoms with Crippen molar-refractivity contribution in [2.75, 3.05) is 42.5 Å². The van der Waals surface area contributed by atoms with Gasteiger partial charge in [0.25, 0.3) is 10.0 Å². The minimum absolute atomic E-state index is 0.0414. The van der Waals surface area contributed by atoms with Crippen molar-refractivity contribution in [3.05, 3.63) is 65.7 Å². The Kier molecular flexibility index (Phi) is 8.85. The topological polar surface area (TPSA) is 105 Å². The van der Waals surface area contributed by atoms with Crippen LogP contribution in [0.5, 0.6) is 0 Å². The van der Waals surface area contributed by atoms with Gasteiger partial charge in [0.05, 0.1) is 17.9 Å². The molecule has 0 amide bonds. The molecular weight excluding hydrogens is 521 g/mol. The third-order valence-corrected chi connectivity index (χ3v) is 7.35. The quantitative estimate of drug-likeness (QED) is 0.461. The number of nitrogens with zero attached hydrogens (tertiary/aromatic N) is 3. The summed E-state index contributed by atoms with van der Waals surface area (Å²) in [7, 11) is -4.27. The molecule has 0 saturated heterocycles. The number of ether oxygens (including phenoxy) is 1. The van der Waals surface area contributed by atoms with Gasteiger partial charge in [-0.05, 0) is 55.5 Å². The van der Waals surface area contributed by atoms with E-state index in [2.05, 4.69) is 14.7 Å². The first-order valence-electron chi connectivity index (χ1n) is 12.3. The van der Waals surface area contributed by atoms with Crippen LogP contribution in [0.15, 0.2) is 59.6 Å². The zero-order valence-corrected chi connectivity index (χ0v) is 21.4. The average Bonchev–Trinajstić information content (AvgIpc) is 2.88. The number of rotatable bonds is 4. The Labute approximate surface area is 219 Å². The molecule has 0 saturated carbocycles. The van der Waals surface area contributed by atoms with E-state index in [1.54, 1.807) is 36.4 Å². The van der Waals surface area contributed by atoms with E-state index >= 15 is 0 Å². The third-order valence-electron chi connectivity index (χ3n) is 6.10. The normalized spacial score (nSPS) is 16.3. The number of aromatic nitrogens is 2. The van der Waals surface area contributed by atoms with Crippen LogP contribution >= 0.6 is 0 Å². The predicted molar refractivity (Wildman–Crippen MR) is 137 cm³/mol. The van der Waals surface area contributed by atoms with Crippen molar-refractivity contribution in [1.29, 1.82) is 0 Å². The number of fused-ring (bicyclic) bond motifs is 6. The van der Waals surface area contributed by atoms with Gasteiger partial charge in [0, 0.05) is 31.9 Å². The van der Waals surface area contributed by atoms with E-state index in [4.69, 9.17) is 9.84 Å². The number of hydrogen-bond donors (Lipinski definition) is 2. The number of unbranched alkanes of at least 4 members (excludes halogenated alkanes) is 1. The van der Waals surface area contributed by atoms with Crippen LogP contribution in [0.4, 0.5) is 24.8 Å². The van der Waals surface area contributed by atoms with Crippen molar-refractivity contribution >= 4 is 21.7 Å². The molecule has 4 rings (SSSR count). The van der Waals surface area contributed by atoms with Crippen molar-refractivity contribution in [3.8, 4) is 11.3 Å². The second kappa shape index (κ2) is 12.1. The molecule has 4 bridgehead atoms. The number of hydrogen-bond acceptors (Lipinski definition) is 7. The zero-order chi connectivity index (χ0) is 27.2. The summed E-state index contributed by atoms with van der Waals surface area (Å²) in [6, 6.07) is 13.0. The van der Waals surface area contributed by atoms with E-state index in [0.717, 1.165) is 12.1 Å². The van der Waals surface area contributed by atoms with E-state index in [1.165, 1.54) is 6.07 Å². The molecule has 0 atom stereocenters. The molecule has 2 aromatic heterocycles. The zero-order valence-electron chi connectivity index (χ0n) is 20.6. The number of sulfonamides is 1. The Morgan fingerprint density at radius 2 is 1.82 bits per heavy atom. The lowest BCUT2D eigenvalue weighted by atomic mass is 9.97.